The van der Waals surface area contributed by atoms with Gasteiger partial charge in [0.2, 0.25) is 0 Å². The minimum atomic E-state index is -4.01. The molecule has 3 aromatic rings. The Morgan fingerprint density at radius 2 is 1.83 bits per heavy atom. The number of benzene rings is 2. The van der Waals surface area contributed by atoms with Gasteiger partial charge in [-0.15, -0.1) is 11.3 Å². The number of rotatable bonds is 5. The number of carbonyl (C=O) groups is 1. The number of methoxy groups -OCH3 is 1. The minimum absolute atomic E-state index is 0.0251. The Morgan fingerprint density at radius 3 is 2.47 bits per heavy atom. The number of aromatic nitrogens is 1. The first kappa shape index (κ1) is 21.4. The molecule has 3 rings (SSSR count). The van der Waals surface area contributed by atoms with Gasteiger partial charge in [-0.05, 0) is 44.0 Å². The predicted octanol–water partition coefficient (Wildman–Crippen LogP) is 3.67. The van der Waals surface area contributed by atoms with Gasteiger partial charge in [-0.2, -0.15) is 8.42 Å². The van der Waals surface area contributed by atoms with Crippen LogP contribution in [0.4, 0.5) is 5.69 Å². The first-order valence-corrected chi connectivity index (χ1v) is 11.1. The average Bonchev–Trinajstić information content (AvgIpc) is 3.17. The number of sulfonamides is 1. The summed E-state index contributed by atoms with van der Waals surface area (Å²) in [7, 11) is -2.67. The van der Waals surface area contributed by atoms with E-state index in [0.29, 0.717) is 10.6 Å². The number of aryl methyl sites for hydroxylation is 1. The SMILES string of the molecule is COc1c(NS(=O)(=O)c2csc(C#Cc3ccc(C)cc3)n2)ccc(C(=O)O)c1C. The highest BCUT2D eigenvalue weighted by molar-refractivity contribution is 7.92. The summed E-state index contributed by atoms with van der Waals surface area (Å²) in [4.78, 5) is 15.4. The summed E-state index contributed by atoms with van der Waals surface area (Å²) in [5, 5.41) is 10.8. The number of carboxylic acids is 1. The molecule has 0 saturated carbocycles. The van der Waals surface area contributed by atoms with Crippen molar-refractivity contribution in [2.24, 2.45) is 0 Å². The number of hydrogen-bond donors (Lipinski definition) is 2. The van der Waals surface area contributed by atoms with Crippen molar-refractivity contribution in [2.75, 3.05) is 11.8 Å². The number of anilines is 1. The summed E-state index contributed by atoms with van der Waals surface area (Å²) in [6, 6.07) is 10.3. The van der Waals surface area contributed by atoms with E-state index < -0.39 is 16.0 Å². The predicted molar refractivity (Wildman–Crippen MR) is 115 cm³/mol. The van der Waals surface area contributed by atoms with Crippen LogP contribution in [0.15, 0.2) is 46.8 Å². The van der Waals surface area contributed by atoms with Crippen LogP contribution in [0.1, 0.15) is 32.1 Å². The number of thiazole rings is 1. The van der Waals surface area contributed by atoms with E-state index in [2.05, 4.69) is 21.5 Å². The summed E-state index contributed by atoms with van der Waals surface area (Å²) in [6.45, 7) is 3.52. The van der Waals surface area contributed by atoms with Crippen molar-refractivity contribution in [1.29, 1.82) is 0 Å². The zero-order valence-corrected chi connectivity index (χ0v) is 18.0. The number of carboxylic acid groups (broad SMARTS) is 1. The number of nitrogens with one attached hydrogen (secondary N) is 1. The van der Waals surface area contributed by atoms with Crippen LogP contribution in [-0.4, -0.2) is 31.6 Å². The van der Waals surface area contributed by atoms with Crippen molar-refractivity contribution in [2.45, 2.75) is 18.9 Å². The van der Waals surface area contributed by atoms with Gasteiger partial charge in [0.25, 0.3) is 10.0 Å². The van der Waals surface area contributed by atoms with E-state index in [-0.39, 0.29) is 22.0 Å². The first-order valence-electron chi connectivity index (χ1n) is 8.69. The topological polar surface area (TPSA) is 106 Å². The smallest absolute Gasteiger partial charge is 0.336 e. The Bertz CT molecular complexity index is 1270. The van der Waals surface area contributed by atoms with Crippen LogP contribution < -0.4 is 9.46 Å². The van der Waals surface area contributed by atoms with Gasteiger partial charge in [0.05, 0.1) is 18.4 Å². The van der Waals surface area contributed by atoms with Crippen LogP contribution in [0.2, 0.25) is 0 Å². The van der Waals surface area contributed by atoms with Crippen LogP contribution in [0.25, 0.3) is 0 Å². The average molecular weight is 443 g/mol. The Balaban J connectivity index is 1.86. The van der Waals surface area contributed by atoms with Gasteiger partial charge in [0.1, 0.15) is 5.75 Å². The van der Waals surface area contributed by atoms with E-state index in [0.717, 1.165) is 22.5 Å². The molecular weight excluding hydrogens is 424 g/mol. The Labute approximate surface area is 178 Å². The van der Waals surface area contributed by atoms with Gasteiger partial charge in [0, 0.05) is 16.5 Å². The van der Waals surface area contributed by atoms with Crippen molar-refractivity contribution < 1.29 is 23.1 Å². The third-order valence-electron chi connectivity index (χ3n) is 4.21. The van der Waals surface area contributed by atoms with Crippen molar-refractivity contribution in [3.05, 3.63) is 69.0 Å². The molecule has 0 aliphatic heterocycles. The summed E-state index contributed by atoms with van der Waals surface area (Å²) in [5.74, 6) is 4.82. The maximum atomic E-state index is 12.7. The summed E-state index contributed by atoms with van der Waals surface area (Å²) in [5.41, 5.74) is 2.39. The van der Waals surface area contributed by atoms with E-state index >= 15 is 0 Å². The third kappa shape index (κ3) is 4.62. The minimum Gasteiger partial charge on any atom is -0.494 e. The monoisotopic (exact) mass is 442 g/mol. The van der Waals surface area contributed by atoms with E-state index in [1.807, 2.05) is 31.2 Å². The lowest BCUT2D eigenvalue weighted by Crippen LogP contribution is -2.15. The van der Waals surface area contributed by atoms with Crippen molar-refractivity contribution in [1.82, 2.24) is 4.98 Å². The number of aromatic carboxylic acids is 1. The lowest BCUT2D eigenvalue weighted by atomic mass is 10.1. The van der Waals surface area contributed by atoms with Crippen LogP contribution in [0.3, 0.4) is 0 Å². The third-order valence-corrected chi connectivity index (χ3v) is 6.36. The van der Waals surface area contributed by atoms with Crippen LogP contribution >= 0.6 is 11.3 Å². The number of ether oxygens (including phenoxy) is 1. The summed E-state index contributed by atoms with van der Waals surface area (Å²) < 4.78 is 33.1. The maximum absolute atomic E-state index is 12.7. The van der Waals surface area contributed by atoms with Crippen LogP contribution in [0, 0.1) is 25.7 Å². The summed E-state index contributed by atoms with van der Waals surface area (Å²) in [6.07, 6.45) is 0. The van der Waals surface area contributed by atoms with E-state index in [9.17, 15) is 18.3 Å². The van der Waals surface area contributed by atoms with Crippen LogP contribution in [0.5, 0.6) is 5.75 Å². The molecule has 0 saturated heterocycles. The van der Waals surface area contributed by atoms with Gasteiger partial charge in [-0.25, -0.2) is 9.78 Å². The molecule has 7 nitrogen and oxygen atoms in total. The Hall–Kier alpha value is -3.35. The molecule has 0 fully saturated rings. The molecular formula is C21H18N2O5S2. The molecule has 1 aromatic heterocycles. The fourth-order valence-corrected chi connectivity index (χ4v) is 4.67. The molecule has 2 aromatic carbocycles. The molecule has 0 aliphatic carbocycles. The first-order chi connectivity index (χ1) is 14.2. The molecule has 0 bridgehead atoms. The van der Waals surface area contributed by atoms with Gasteiger partial charge in [0.15, 0.2) is 10.0 Å². The molecule has 0 aliphatic rings. The second-order valence-corrected chi connectivity index (χ2v) is 8.82. The molecule has 0 atom stereocenters. The second kappa shape index (κ2) is 8.57. The van der Waals surface area contributed by atoms with Gasteiger partial charge >= 0.3 is 5.97 Å². The highest BCUT2D eigenvalue weighted by atomic mass is 32.2. The second-order valence-electron chi connectivity index (χ2n) is 6.34. The fraction of sp³-hybridized carbons (Fsp3) is 0.143. The van der Waals surface area contributed by atoms with Gasteiger partial charge in [-0.3, -0.25) is 4.72 Å². The van der Waals surface area contributed by atoms with Crippen molar-refractivity contribution in [3.63, 3.8) is 0 Å². The lowest BCUT2D eigenvalue weighted by molar-refractivity contribution is 0.0695. The van der Waals surface area contributed by atoms with Gasteiger partial charge < -0.3 is 9.84 Å². The molecule has 0 unspecified atom stereocenters. The molecule has 154 valence electrons. The van der Waals surface area contributed by atoms with Crippen molar-refractivity contribution in [3.8, 4) is 17.6 Å². The highest BCUT2D eigenvalue weighted by Crippen LogP contribution is 2.32. The maximum Gasteiger partial charge on any atom is 0.336 e. The van der Waals surface area contributed by atoms with E-state index in [1.165, 1.54) is 24.6 Å². The molecule has 30 heavy (non-hydrogen) atoms. The van der Waals surface area contributed by atoms with Gasteiger partial charge in [-0.1, -0.05) is 23.6 Å². The van der Waals surface area contributed by atoms with Crippen LogP contribution in [-0.2, 0) is 10.0 Å². The zero-order valence-electron chi connectivity index (χ0n) is 16.4. The number of nitrogens with zero attached hydrogens (tertiary/aromatic N) is 1. The molecule has 9 heteroatoms. The normalized spacial score (nSPS) is 10.8. The lowest BCUT2D eigenvalue weighted by Gasteiger charge is -2.14. The molecule has 0 spiro atoms. The standard InChI is InChI=1S/C21H18N2O5S2/c1-13-4-6-15(7-5-13)8-11-18-22-19(12-29-18)30(26,27)23-17-10-9-16(21(24)25)14(2)20(17)28-3/h4-7,9-10,12,23H,1-3H3,(H,24,25). The Kier molecular flexibility index (Phi) is 6.10. The highest BCUT2D eigenvalue weighted by Gasteiger charge is 2.22. The molecule has 0 radical (unpaired) electrons. The Morgan fingerprint density at radius 1 is 1.13 bits per heavy atom. The van der Waals surface area contributed by atoms with Crippen molar-refractivity contribution >= 4 is 33.0 Å². The molecule has 1 heterocycles. The molecule has 2 N–H and O–H groups in total. The fourth-order valence-electron chi connectivity index (χ4n) is 2.67. The van der Waals surface area contributed by atoms with E-state index in [4.69, 9.17) is 4.74 Å². The quantitative estimate of drug-likeness (QED) is 0.584. The largest absolute Gasteiger partial charge is 0.494 e. The number of hydrogen-bond acceptors (Lipinski definition) is 6. The zero-order chi connectivity index (χ0) is 21.9. The summed E-state index contributed by atoms with van der Waals surface area (Å²) >= 11 is 1.12. The van der Waals surface area contributed by atoms with E-state index in [1.54, 1.807) is 6.92 Å². The molecule has 0 amide bonds.